The minimum Gasteiger partial charge on any atom is -0.478 e. The van der Waals surface area contributed by atoms with Gasteiger partial charge in [-0.1, -0.05) is 36.4 Å². The van der Waals surface area contributed by atoms with Crippen LogP contribution in [0.25, 0.3) is 0 Å². The summed E-state index contributed by atoms with van der Waals surface area (Å²) in [6, 6.07) is 13.4. The van der Waals surface area contributed by atoms with Gasteiger partial charge in [-0.05, 0) is 25.1 Å². The molecule has 41 heavy (non-hydrogen) atoms. The maximum Gasteiger partial charge on any atom is 0.351 e. The van der Waals surface area contributed by atoms with Crippen molar-refractivity contribution >= 4 is 23.7 Å². The third-order valence-corrected chi connectivity index (χ3v) is 6.55. The first-order valence-corrected chi connectivity index (χ1v) is 12.7. The van der Waals surface area contributed by atoms with Gasteiger partial charge in [0.15, 0.2) is 18.6 Å². The number of aromatic carboxylic acids is 1. The van der Waals surface area contributed by atoms with E-state index in [1.54, 1.807) is 31.2 Å². The number of hydrogen-bond donors (Lipinski definition) is 4. The minimum atomic E-state index is -1.35. The number of anilines is 1. The topological polar surface area (TPSA) is 170 Å². The Balaban J connectivity index is 1.40. The number of carbonyl (C=O) groups is 3. The largest absolute Gasteiger partial charge is 0.478 e. The monoisotopic (exact) mass is 567 g/mol. The van der Waals surface area contributed by atoms with Crippen molar-refractivity contribution in [3.05, 3.63) is 93.8 Å². The van der Waals surface area contributed by atoms with Crippen LogP contribution >= 0.6 is 0 Å². The predicted octanol–water partition coefficient (Wildman–Crippen LogP) is 1.92. The average molecular weight is 568 g/mol. The number of benzene rings is 2. The zero-order valence-electron chi connectivity index (χ0n) is 21.7. The summed E-state index contributed by atoms with van der Waals surface area (Å²) in [6.07, 6.45) is -3.90. The summed E-state index contributed by atoms with van der Waals surface area (Å²) in [5.74, 6) is -2.86. The number of nitrogens with zero attached hydrogens (tertiary/aromatic N) is 2. The molecule has 14 heteroatoms. The van der Waals surface area contributed by atoms with Crippen LogP contribution in [0.5, 0.6) is 0 Å². The van der Waals surface area contributed by atoms with E-state index in [2.05, 4.69) is 20.9 Å². The molecule has 3 aromatic rings. The molecule has 0 bridgehead atoms. The van der Waals surface area contributed by atoms with Crippen LogP contribution in [0.4, 0.5) is 15.0 Å². The highest BCUT2D eigenvalue weighted by atomic mass is 19.1. The summed E-state index contributed by atoms with van der Waals surface area (Å²) in [6.45, 7) is 1.68. The molecule has 3 amide bonds. The van der Waals surface area contributed by atoms with Crippen LogP contribution < -0.4 is 21.6 Å². The summed E-state index contributed by atoms with van der Waals surface area (Å²) in [7, 11) is 0. The fraction of sp³-hybridized carbons (Fsp3) is 0.296. The smallest absolute Gasteiger partial charge is 0.351 e. The van der Waals surface area contributed by atoms with E-state index < -0.39 is 66.8 Å². The van der Waals surface area contributed by atoms with Gasteiger partial charge in [0.05, 0.1) is 5.56 Å². The molecule has 2 aromatic carbocycles. The van der Waals surface area contributed by atoms with Gasteiger partial charge < -0.3 is 30.0 Å². The van der Waals surface area contributed by atoms with Crippen molar-refractivity contribution in [1.82, 2.24) is 20.2 Å². The van der Waals surface area contributed by atoms with Crippen molar-refractivity contribution in [2.45, 2.75) is 44.3 Å². The molecule has 2 aliphatic heterocycles. The zero-order valence-corrected chi connectivity index (χ0v) is 21.7. The van der Waals surface area contributed by atoms with E-state index in [1.165, 1.54) is 24.4 Å². The van der Waals surface area contributed by atoms with E-state index >= 15 is 0 Å². The molecule has 5 rings (SSSR count). The highest BCUT2D eigenvalue weighted by molar-refractivity contribution is 5.90. The fourth-order valence-electron chi connectivity index (χ4n) is 4.66. The number of carboxylic acid groups (broad SMARTS) is 1. The molecule has 214 valence electrons. The fourth-order valence-corrected chi connectivity index (χ4v) is 4.66. The Morgan fingerprint density at radius 3 is 2.46 bits per heavy atom. The summed E-state index contributed by atoms with van der Waals surface area (Å²) in [5, 5.41) is 16.9. The Labute approximate surface area is 232 Å². The number of rotatable bonds is 8. The van der Waals surface area contributed by atoms with Crippen LogP contribution in [0.2, 0.25) is 0 Å². The second-order valence-electron chi connectivity index (χ2n) is 9.17. The summed E-state index contributed by atoms with van der Waals surface area (Å²) >= 11 is 0. The number of carbonyl (C=O) groups excluding carboxylic acids is 2. The van der Waals surface area contributed by atoms with Gasteiger partial charge in [0.2, 0.25) is 0 Å². The number of ether oxygens (including phenoxy) is 3. The van der Waals surface area contributed by atoms with Gasteiger partial charge in [0.25, 0.3) is 5.91 Å². The molecule has 3 heterocycles. The van der Waals surface area contributed by atoms with E-state index in [0.29, 0.717) is 12.1 Å². The van der Waals surface area contributed by atoms with Gasteiger partial charge in [-0.3, -0.25) is 14.7 Å². The van der Waals surface area contributed by atoms with Crippen LogP contribution in [0.15, 0.2) is 65.6 Å². The molecule has 2 saturated heterocycles. The van der Waals surface area contributed by atoms with Gasteiger partial charge >= 0.3 is 17.7 Å². The number of amides is 3. The first-order chi connectivity index (χ1) is 19.8. The third kappa shape index (κ3) is 5.79. The van der Waals surface area contributed by atoms with Gasteiger partial charge in [-0.25, -0.2) is 18.8 Å². The second kappa shape index (κ2) is 11.8. The molecule has 0 aliphatic carbocycles. The van der Waals surface area contributed by atoms with Crippen LogP contribution in [0, 0.1) is 5.82 Å². The molecule has 2 aliphatic rings. The van der Waals surface area contributed by atoms with Crippen molar-refractivity contribution in [2.75, 3.05) is 11.9 Å². The van der Waals surface area contributed by atoms with E-state index in [-0.39, 0.29) is 16.9 Å². The number of hydrogen-bond acceptors (Lipinski definition) is 8. The van der Waals surface area contributed by atoms with E-state index in [4.69, 9.17) is 14.2 Å². The normalized spacial score (nSPS) is 23.0. The number of nitrogens with one attached hydrogen (secondary N) is 3. The number of aromatic nitrogens is 2. The van der Waals surface area contributed by atoms with Crippen molar-refractivity contribution in [2.24, 2.45) is 0 Å². The Kier molecular flexibility index (Phi) is 8.05. The maximum absolute atomic E-state index is 14.4. The van der Waals surface area contributed by atoms with Crippen molar-refractivity contribution in [3.63, 3.8) is 0 Å². The minimum absolute atomic E-state index is 0.00548. The molecule has 0 radical (unpaired) electrons. The molecule has 13 nitrogen and oxygen atoms in total. The lowest BCUT2D eigenvalue weighted by atomic mass is 10.1. The molecule has 0 spiro atoms. The summed E-state index contributed by atoms with van der Waals surface area (Å²) in [5.41, 5.74) is -0.615. The number of halogens is 1. The Hall–Kier alpha value is -4.66. The highest BCUT2D eigenvalue weighted by Crippen LogP contribution is 2.43. The van der Waals surface area contributed by atoms with Crippen LogP contribution in [-0.2, 0) is 25.5 Å². The lowest BCUT2D eigenvalue weighted by Crippen LogP contribution is -2.42. The van der Waals surface area contributed by atoms with E-state index in [9.17, 15) is 28.7 Å². The maximum atomic E-state index is 14.4. The SMILES string of the molecule is CCNC(=O)Nc1ccn([C@@H]2O[C@H](C(=O)NCc3c(F)cccc3C(=O)O)C3O[C@H](c4ccccc4)OC32)c(=O)n1. The van der Waals surface area contributed by atoms with Gasteiger partial charge in [-0.2, -0.15) is 4.98 Å². The number of fused-ring (bicyclic) bond motifs is 1. The van der Waals surface area contributed by atoms with Gasteiger partial charge in [0.1, 0.15) is 23.8 Å². The van der Waals surface area contributed by atoms with Crippen molar-refractivity contribution in [1.29, 1.82) is 0 Å². The molecule has 2 fully saturated rings. The molecule has 2 unspecified atom stereocenters. The molecular weight excluding hydrogens is 541 g/mol. The first-order valence-electron chi connectivity index (χ1n) is 12.7. The van der Waals surface area contributed by atoms with Crippen LogP contribution in [-0.4, -0.2) is 57.4 Å². The molecule has 0 saturated carbocycles. The summed E-state index contributed by atoms with van der Waals surface area (Å²) in [4.78, 5) is 53.5. The first kappa shape index (κ1) is 27.9. The standard InChI is InChI=1S/C27H26FN5O8/c1-2-29-26(37)31-18-11-12-33(27(38)32-18)23-21-19(40-25(41-21)14-7-4-3-5-8-14)20(39-23)22(34)30-13-16-15(24(35)36)9-6-10-17(16)28/h3-12,19-21,23,25H,2,13H2,1H3,(H,30,34)(H,35,36)(H2,29,31,32,37,38)/t19?,20-,21?,23+,25-/m0/s1. The second-order valence-corrected chi connectivity index (χ2v) is 9.17. The average Bonchev–Trinajstić information content (AvgIpc) is 3.53. The summed E-state index contributed by atoms with van der Waals surface area (Å²) < 4.78 is 33.6. The molecule has 5 atom stereocenters. The molecule has 4 N–H and O–H groups in total. The van der Waals surface area contributed by atoms with E-state index in [0.717, 1.165) is 10.6 Å². The van der Waals surface area contributed by atoms with Crippen LogP contribution in [0.1, 0.15) is 40.9 Å². The lowest BCUT2D eigenvalue weighted by molar-refractivity contribution is -0.162. The lowest BCUT2D eigenvalue weighted by Gasteiger charge is -2.21. The predicted molar refractivity (Wildman–Crippen MR) is 139 cm³/mol. The Bertz CT molecular complexity index is 1520. The van der Waals surface area contributed by atoms with Crippen molar-refractivity contribution < 1.29 is 38.1 Å². The number of urea groups is 1. The van der Waals surface area contributed by atoms with Crippen LogP contribution in [0.3, 0.4) is 0 Å². The number of carboxylic acids is 1. The Morgan fingerprint density at radius 1 is 1.00 bits per heavy atom. The zero-order chi connectivity index (χ0) is 29.1. The molecule has 1 aromatic heterocycles. The van der Waals surface area contributed by atoms with E-state index in [1.807, 2.05) is 6.07 Å². The molecular formula is C27H26FN5O8. The quantitative estimate of drug-likeness (QED) is 0.318. The van der Waals surface area contributed by atoms with Gasteiger partial charge in [-0.15, -0.1) is 0 Å². The van der Waals surface area contributed by atoms with Gasteiger partial charge in [0, 0.05) is 30.4 Å². The third-order valence-electron chi connectivity index (χ3n) is 6.55. The Morgan fingerprint density at radius 2 is 1.76 bits per heavy atom. The highest BCUT2D eigenvalue weighted by Gasteiger charge is 2.56. The van der Waals surface area contributed by atoms with Crippen molar-refractivity contribution in [3.8, 4) is 0 Å².